The number of hydrogen-bond acceptors (Lipinski definition) is 5. The second-order valence-electron chi connectivity index (χ2n) is 4.49. The van der Waals surface area contributed by atoms with Gasteiger partial charge in [0.25, 0.3) is 0 Å². The van der Waals surface area contributed by atoms with Crippen molar-refractivity contribution in [2.45, 2.75) is 24.8 Å². The Morgan fingerprint density at radius 3 is 2.59 bits per heavy atom. The Morgan fingerprint density at radius 1 is 1.29 bits per heavy atom. The minimum atomic E-state index is -3.28. The molecule has 1 N–H and O–H groups in total. The van der Waals surface area contributed by atoms with Gasteiger partial charge in [-0.15, -0.1) is 5.10 Å². The topological polar surface area (TPSA) is 72.0 Å². The normalized spacial score (nSPS) is 18.2. The molecule has 0 bridgehead atoms. The molecule has 94 valence electrons. The third kappa shape index (κ3) is 3.23. The fourth-order valence-corrected chi connectivity index (χ4v) is 3.56. The predicted octanol–water partition coefficient (Wildman–Crippen LogP) is 0.558. The van der Waals surface area contributed by atoms with Gasteiger partial charge in [-0.2, -0.15) is 5.10 Å². The quantitative estimate of drug-likeness (QED) is 0.854. The van der Waals surface area contributed by atoms with Gasteiger partial charge in [0.15, 0.2) is 14.9 Å². The number of hydrogen-bond donors (Lipinski definition) is 1. The van der Waals surface area contributed by atoms with Crippen molar-refractivity contribution in [2.75, 3.05) is 18.8 Å². The van der Waals surface area contributed by atoms with Crippen molar-refractivity contribution < 1.29 is 8.42 Å². The van der Waals surface area contributed by atoms with Gasteiger partial charge in [0.05, 0.1) is 11.4 Å². The molecule has 0 unspecified atom stereocenters. The zero-order valence-electron chi connectivity index (χ0n) is 9.89. The van der Waals surface area contributed by atoms with Crippen molar-refractivity contribution in [2.24, 2.45) is 5.92 Å². The zero-order chi connectivity index (χ0) is 12.3. The molecule has 2 heterocycles. The molecule has 0 radical (unpaired) electrons. The Kier molecular flexibility index (Phi) is 3.73. The van der Waals surface area contributed by atoms with E-state index in [-0.39, 0.29) is 16.7 Å². The van der Waals surface area contributed by atoms with Crippen LogP contribution in [0.15, 0.2) is 17.2 Å². The average molecular weight is 255 g/mol. The van der Waals surface area contributed by atoms with Crippen LogP contribution in [-0.4, -0.2) is 37.5 Å². The molecule has 1 aliphatic heterocycles. The summed E-state index contributed by atoms with van der Waals surface area (Å²) in [5.41, 5.74) is 0.728. The average Bonchev–Trinajstić information content (AvgIpc) is 2.30. The highest BCUT2D eigenvalue weighted by Gasteiger charge is 2.24. The first kappa shape index (κ1) is 12.4. The maximum atomic E-state index is 12.1. The molecule has 6 heteroatoms. The lowest BCUT2D eigenvalue weighted by Crippen LogP contribution is -2.31. The van der Waals surface area contributed by atoms with Crippen LogP contribution in [0.2, 0.25) is 0 Å². The number of aromatic nitrogens is 2. The molecule has 0 aliphatic carbocycles. The van der Waals surface area contributed by atoms with E-state index in [0.29, 0.717) is 0 Å². The van der Waals surface area contributed by atoms with E-state index in [4.69, 9.17) is 0 Å². The van der Waals surface area contributed by atoms with Crippen LogP contribution in [0.3, 0.4) is 0 Å². The fourth-order valence-electron chi connectivity index (χ4n) is 2.00. The van der Waals surface area contributed by atoms with Crippen molar-refractivity contribution in [1.82, 2.24) is 15.5 Å². The maximum absolute atomic E-state index is 12.1. The lowest BCUT2D eigenvalue weighted by atomic mass is 10.0. The van der Waals surface area contributed by atoms with E-state index >= 15 is 0 Å². The Morgan fingerprint density at radius 2 is 2.00 bits per heavy atom. The molecule has 17 heavy (non-hydrogen) atoms. The lowest BCUT2D eigenvalue weighted by molar-refractivity contribution is 0.401. The molecule has 0 aromatic carbocycles. The summed E-state index contributed by atoms with van der Waals surface area (Å²) in [4.78, 5) is 0. The standard InChI is InChI=1S/C11H17N3O2S/c1-9-2-3-11(14-13-9)17(15,16)8-10-4-6-12-7-5-10/h2-3,10,12H,4-8H2,1H3. The monoisotopic (exact) mass is 255 g/mol. The van der Waals surface area contributed by atoms with Crippen LogP contribution in [0.4, 0.5) is 0 Å². The molecule has 1 aliphatic rings. The van der Waals surface area contributed by atoms with E-state index in [1.807, 2.05) is 0 Å². The van der Waals surface area contributed by atoms with Gasteiger partial charge in [-0.1, -0.05) is 0 Å². The Bertz CT molecular complexity index is 464. The highest BCUT2D eigenvalue weighted by Crippen LogP contribution is 2.18. The minimum Gasteiger partial charge on any atom is -0.317 e. The van der Waals surface area contributed by atoms with E-state index in [2.05, 4.69) is 15.5 Å². The number of rotatable bonds is 3. The van der Waals surface area contributed by atoms with Gasteiger partial charge in [0.2, 0.25) is 0 Å². The first-order valence-corrected chi connectivity index (χ1v) is 7.47. The largest absolute Gasteiger partial charge is 0.317 e. The number of piperidine rings is 1. The van der Waals surface area contributed by atoms with Gasteiger partial charge in [-0.25, -0.2) is 8.42 Å². The number of nitrogens with one attached hydrogen (secondary N) is 1. The molecule has 0 atom stereocenters. The molecular formula is C11H17N3O2S. The Balaban J connectivity index is 2.10. The second kappa shape index (κ2) is 5.10. The molecule has 0 spiro atoms. The minimum absolute atomic E-state index is 0.0987. The highest BCUT2D eigenvalue weighted by atomic mass is 32.2. The van der Waals surface area contributed by atoms with Crippen LogP contribution in [0.1, 0.15) is 18.5 Å². The van der Waals surface area contributed by atoms with Gasteiger partial charge in [0, 0.05) is 0 Å². The first-order valence-electron chi connectivity index (χ1n) is 5.82. The van der Waals surface area contributed by atoms with Gasteiger partial charge in [-0.05, 0) is 50.9 Å². The van der Waals surface area contributed by atoms with Crippen molar-refractivity contribution in [3.05, 3.63) is 17.8 Å². The molecule has 1 aromatic heterocycles. The number of aryl methyl sites for hydroxylation is 1. The summed E-state index contributed by atoms with van der Waals surface area (Å²) in [5.74, 6) is 0.427. The Labute approximate surface area is 102 Å². The van der Waals surface area contributed by atoms with Crippen LogP contribution in [0.5, 0.6) is 0 Å². The maximum Gasteiger partial charge on any atom is 0.197 e. The van der Waals surface area contributed by atoms with Crippen molar-refractivity contribution in [1.29, 1.82) is 0 Å². The molecule has 0 amide bonds. The zero-order valence-corrected chi connectivity index (χ0v) is 10.7. The van der Waals surface area contributed by atoms with Crippen molar-refractivity contribution >= 4 is 9.84 Å². The fraction of sp³-hybridized carbons (Fsp3) is 0.636. The molecule has 1 fully saturated rings. The van der Waals surface area contributed by atoms with E-state index in [0.717, 1.165) is 31.6 Å². The van der Waals surface area contributed by atoms with E-state index in [1.165, 1.54) is 0 Å². The smallest absolute Gasteiger partial charge is 0.197 e. The molecule has 1 aromatic rings. The molecular weight excluding hydrogens is 238 g/mol. The third-order valence-corrected chi connectivity index (χ3v) is 4.77. The molecule has 1 saturated heterocycles. The second-order valence-corrected chi connectivity index (χ2v) is 6.47. The Hall–Kier alpha value is -1.01. The van der Waals surface area contributed by atoms with Crippen LogP contribution in [0.25, 0.3) is 0 Å². The predicted molar refractivity (Wildman–Crippen MR) is 64.4 cm³/mol. The number of nitrogens with zero attached hydrogens (tertiary/aromatic N) is 2. The van der Waals surface area contributed by atoms with Crippen molar-refractivity contribution in [3.63, 3.8) is 0 Å². The summed E-state index contributed by atoms with van der Waals surface area (Å²) in [5, 5.41) is 10.9. The van der Waals surface area contributed by atoms with Crippen LogP contribution >= 0.6 is 0 Å². The van der Waals surface area contributed by atoms with E-state index in [9.17, 15) is 8.42 Å². The van der Waals surface area contributed by atoms with Gasteiger partial charge >= 0.3 is 0 Å². The van der Waals surface area contributed by atoms with Gasteiger partial charge in [-0.3, -0.25) is 0 Å². The molecule has 2 rings (SSSR count). The van der Waals surface area contributed by atoms with Crippen LogP contribution < -0.4 is 5.32 Å². The molecule has 5 nitrogen and oxygen atoms in total. The highest BCUT2D eigenvalue weighted by molar-refractivity contribution is 7.91. The summed E-state index contributed by atoms with van der Waals surface area (Å²) >= 11 is 0. The SMILES string of the molecule is Cc1ccc(S(=O)(=O)CC2CCNCC2)nn1. The van der Waals surface area contributed by atoms with Crippen LogP contribution in [-0.2, 0) is 9.84 Å². The lowest BCUT2D eigenvalue weighted by Gasteiger charge is -2.21. The summed E-state index contributed by atoms with van der Waals surface area (Å²) < 4.78 is 24.2. The summed E-state index contributed by atoms with van der Waals surface area (Å²) in [7, 11) is -3.28. The number of sulfone groups is 1. The first-order chi connectivity index (χ1) is 8.08. The van der Waals surface area contributed by atoms with E-state index in [1.54, 1.807) is 19.1 Å². The van der Waals surface area contributed by atoms with Crippen molar-refractivity contribution in [3.8, 4) is 0 Å². The summed E-state index contributed by atoms with van der Waals surface area (Å²) in [6.07, 6.45) is 1.83. The van der Waals surface area contributed by atoms with E-state index < -0.39 is 9.84 Å². The third-order valence-electron chi connectivity index (χ3n) is 3.01. The van der Waals surface area contributed by atoms with Gasteiger partial charge < -0.3 is 5.32 Å². The van der Waals surface area contributed by atoms with Crippen LogP contribution in [0, 0.1) is 12.8 Å². The van der Waals surface area contributed by atoms with Gasteiger partial charge in [0.1, 0.15) is 0 Å². The summed E-state index contributed by atoms with van der Waals surface area (Å²) in [6, 6.07) is 3.22. The summed E-state index contributed by atoms with van der Waals surface area (Å²) in [6.45, 7) is 3.59. The molecule has 0 saturated carbocycles.